The number of hydrogen-bond acceptors (Lipinski definition) is 3. The number of esters is 1. The Kier molecular flexibility index (Phi) is 10.9. The number of phenols is 1. The molecule has 1 aromatic rings. The Morgan fingerprint density at radius 1 is 1.38 bits per heavy atom. The number of para-hydroxylation sites is 1. The number of phenolic OH excluding ortho intramolecular Hbond substituents is 1. The van der Waals surface area contributed by atoms with E-state index in [1.54, 1.807) is 18.2 Å². The zero-order valence-corrected chi connectivity index (χ0v) is 9.88. The van der Waals surface area contributed by atoms with Gasteiger partial charge in [0.05, 0.1) is 6.61 Å². The van der Waals surface area contributed by atoms with Gasteiger partial charge >= 0.3 is 5.97 Å². The van der Waals surface area contributed by atoms with Crippen molar-refractivity contribution in [2.75, 3.05) is 6.61 Å². The van der Waals surface area contributed by atoms with Crippen LogP contribution < -0.4 is 0 Å². The average molecular weight is 276 g/mol. The molecule has 1 aromatic carbocycles. The minimum atomic E-state index is -0.462. The van der Waals surface area contributed by atoms with Gasteiger partial charge < -0.3 is 9.84 Å². The van der Waals surface area contributed by atoms with Crippen LogP contribution in [0.15, 0.2) is 24.3 Å². The van der Waals surface area contributed by atoms with Crippen LogP contribution in [0.25, 0.3) is 0 Å². The number of unbranched alkanes of at least 4 members (excludes halogenated alkanes) is 1. The van der Waals surface area contributed by atoms with Gasteiger partial charge in [0.2, 0.25) is 0 Å². The van der Waals surface area contributed by atoms with Gasteiger partial charge in [-0.15, -0.1) is 0 Å². The first-order valence-electron chi connectivity index (χ1n) is 4.70. The number of aromatic hydroxyl groups is 1. The van der Waals surface area contributed by atoms with Crippen molar-refractivity contribution in [1.29, 1.82) is 0 Å². The molecule has 0 amide bonds. The molecule has 1 rings (SSSR count). The summed E-state index contributed by atoms with van der Waals surface area (Å²) in [6, 6.07) is 6.37. The quantitative estimate of drug-likeness (QED) is 0.510. The maximum atomic E-state index is 11.4. The van der Waals surface area contributed by atoms with Crippen LogP contribution >= 0.6 is 0 Å². The first-order chi connectivity index (χ1) is 6.75. The summed E-state index contributed by atoms with van der Waals surface area (Å²) in [5, 5.41) is 9.34. The van der Waals surface area contributed by atoms with Crippen LogP contribution in [-0.2, 0) is 22.1 Å². The number of hydrogen-bond donors (Lipinski definition) is 1. The molecule has 0 aliphatic heterocycles. The Hall–Kier alpha value is -0.445. The van der Waals surface area contributed by atoms with E-state index < -0.39 is 5.97 Å². The molecule has 0 atom stereocenters. The SMILES string of the molecule is CCCCOC(=O)c1ccccc1O.[AlH3].[Cr]. The van der Waals surface area contributed by atoms with Crippen molar-refractivity contribution in [3.63, 3.8) is 0 Å². The number of rotatable bonds is 4. The maximum Gasteiger partial charge on any atom is 0.341 e. The molecule has 0 bridgehead atoms. The summed E-state index contributed by atoms with van der Waals surface area (Å²) < 4.78 is 4.95. The molecule has 0 spiro atoms. The molecule has 0 aliphatic carbocycles. The third kappa shape index (κ3) is 5.59. The number of carbonyl (C=O) groups excluding carboxylic acids is 1. The Balaban J connectivity index is 0. The molecule has 0 radical (unpaired) electrons. The fraction of sp³-hybridized carbons (Fsp3) is 0.364. The molecule has 0 saturated carbocycles. The molecule has 0 heterocycles. The predicted molar refractivity (Wildman–Crippen MR) is 63.2 cm³/mol. The molecule has 5 heteroatoms. The van der Waals surface area contributed by atoms with Gasteiger partial charge in [-0.2, -0.15) is 0 Å². The fourth-order valence-corrected chi connectivity index (χ4v) is 1.03. The summed E-state index contributed by atoms with van der Waals surface area (Å²) in [6.45, 7) is 2.43. The van der Waals surface area contributed by atoms with Crippen molar-refractivity contribution in [2.45, 2.75) is 19.8 Å². The molecular formula is C11H17AlCrO3. The predicted octanol–water partition coefficient (Wildman–Crippen LogP) is 1.16. The summed E-state index contributed by atoms with van der Waals surface area (Å²) in [4.78, 5) is 11.4. The van der Waals surface area contributed by atoms with E-state index in [1.165, 1.54) is 6.07 Å². The van der Waals surface area contributed by atoms with Gasteiger partial charge in [-0.25, -0.2) is 4.79 Å². The zero-order valence-electron chi connectivity index (χ0n) is 8.60. The molecule has 88 valence electrons. The Morgan fingerprint density at radius 2 is 2.00 bits per heavy atom. The smallest absolute Gasteiger partial charge is 0.341 e. The largest absolute Gasteiger partial charge is 0.507 e. The van der Waals surface area contributed by atoms with Crippen molar-refractivity contribution >= 4 is 23.3 Å². The molecule has 3 nitrogen and oxygen atoms in total. The van der Waals surface area contributed by atoms with E-state index in [9.17, 15) is 9.90 Å². The molecule has 0 aromatic heterocycles. The van der Waals surface area contributed by atoms with Crippen molar-refractivity contribution in [3.8, 4) is 5.75 Å². The van der Waals surface area contributed by atoms with Gasteiger partial charge in [-0.05, 0) is 18.6 Å². The second-order valence-electron chi connectivity index (χ2n) is 3.01. The van der Waals surface area contributed by atoms with Gasteiger partial charge in [-0.1, -0.05) is 25.5 Å². The molecule has 0 unspecified atom stereocenters. The molecular weight excluding hydrogens is 259 g/mol. The monoisotopic (exact) mass is 276 g/mol. The first-order valence-corrected chi connectivity index (χ1v) is 4.70. The van der Waals surface area contributed by atoms with Crippen LogP contribution in [0.3, 0.4) is 0 Å². The summed E-state index contributed by atoms with van der Waals surface area (Å²) >= 11 is 0. The second-order valence-corrected chi connectivity index (χ2v) is 3.01. The van der Waals surface area contributed by atoms with Crippen LogP contribution in [0.5, 0.6) is 5.75 Å². The molecule has 1 N–H and O–H groups in total. The zero-order chi connectivity index (χ0) is 10.4. The minimum Gasteiger partial charge on any atom is -0.507 e. The molecule has 0 saturated heterocycles. The van der Waals surface area contributed by atoms with Crippen LogP contribution in [0.1, 0.15) is 30.1 Å². The summed E-state index contributed by atoms with van der Waals surface area (Å²) in [5.41, 5.74) is 0.226. The van der Waals surface area contributed by atoms with E-state index >= 15 is 0 Å². The van der Waals surface area contributed by atoms with Crippen molar-refractivity contribution in [3.05, 3.63) is 29.8 Å². The average Bonchev–Trinajstić information content (AvgIpc) is 2.18. The molecule has 16 heavy (non-hydrogen) atoms. The number of ether oxygens (including phenoxy) is 1. The van der Waals surface area contributed by atoms with E-state index in [0.717, 1.165) is 12.8 Å². The Labute approximate surface area is 117 Å². The third-order valence-electron chi connectivity index (χ3n) is 1.86. The van der Waals surface area contributed by atoms with E-state index in [0.29, 0.717) is 6.61 Å². The van der Waals surface area contributed by atoms with Crippen molar-refractivity contribution in [1.82, 2.24) is 0 Å². The minimum absolute atomic E-state index is 0. The van der Waals surface area contributed by atoms with Gasteiger partial charge in [0, 0.05) is 17.4 Å². The van der Waals surface area contributed by atoms with E-state index in [1.807, 2.05) is 6.92 Å². The van der Waals surface area contributed by atoms with Crippen LogP contribution in [0.2, 0.25) is 0 Å². The van der Waals surface area contributed by atoms with Gasteiger partial charge in [-0.3, -0.25) is 0 Å². The van der Waals surface area contributed by atoms with Gasteiger partial charge in [0.15, 0.2) is 17.4 Å². The van der Waals surface area contributed by atoms with Gasteiger partial charge in [0.25, 0.3) is 0 Å². The van der Waals surface area contributed by atoms with E-state index in [2.05, 4.69) is 0 Å². The van der Waals surface area contributed by atoms with E-state index in [-0.39, 0.29) is 46.0 Å². The fourth-order valence-electron chi connectivity index (χ4n) is 1.03. The summed E-state index contributed by atoms with van der Waals surface area (Å²) in [5.74, 6) is -0.495. The first kappa shape index (κ1) is 17.9. The topological polar surface area (TPSA) is 46.5 Å². The molecule has 0 aliphatic rings. The standard InChI is InChI=1S/C11H14O3.Al.Cr.3H/c1-2-3-8-14-11(13)9-6-4-5-7-10(9)12;;;;;/h4-7,12H,2-3,8H2,1H3;;;;;. The van der Waals surface area contributed by atoms with E-state index in [4.69, 9.17) is 4.74 Å². The molecule has 0 fully saturated rings. The van der Waals surface area contributed by atoms with Gasteiger partial charge in [0.1, 0.15) is 11.3 Å². The summed E-state index contributed by atoms with van der Waals surface area (Å²) in [7, 11) is 0. The summed E-state index contributed by atoms with van der Waals surface area (Å²) in [6.07, 6.45) is 1.83. The second kappa shape index (κ2) is 9.76. The normalized spacial score (nSPS) is 8.56. The van der Waals surface area contributed by atoms with Crippen LogP contribution in [-0.4, -0.2) is 35.0 Å². The van der Waals surface area contributed by atoms with Crippen LogP contribution in [0, 0.1) is 0 Å². The maximum absolute atomic E-state index is 11.4. The Morgan fingerprint density at radius 3 is 2.56 bits per heavy atom. The number of benzene rings is 1. The number of carbonyl (C=O) groups is 1. The third-order valence-corrected chi connectivity index (χ3v) is 1.86. The Bertz CT molecular complexity index is 318. The van der Waals surface area contributed by atoms with Crippen molar-refractivity contribution < 1.29 is 32.0 Å². The van der Waals surface area contributed by atoms with Crippen LogP contribution in [0.4, 0.5) is 0 Å². The van der Waals surface area contributed by atoms with Crippen molar-refractivity contribution in [2.24, 2.45) is 0 Å².